The van der Waals surface area contributed by atoms with Crippen molar-refractivity contribution >= 4 is 11.6 Å². The largest absolute Gasteiger partial charge is 0.271 e. The summed E-state index contributed by atoms with van der Waals surface area (Å²) in [5.74, 6) is 5.23. The molecule has 4 heteroatoms. The van der Waals surface area contributed by atoms with E-state index in [1.54, 1.807) is 12.1 Å². The molecule has 0 aromatic heterocycles. The molecule has 2 nitrogen and oxygen atoms in total. The molecule has 100 valence electrons. The van der Waals surface area contributed by atoms with Crippen molar-refractivity contribution in [1.82, 2.24) is 5.43 Å². The minimum absolute atomic E-state index is 0.0253. The number of rotatable bonds is 4. The maximum Gasteiger partial charge on any atom is 0.141 e. The molecule has 0 aliphatic carbocycles. The smallest absolute Gasteiger partial charge is 0.141 e. The van der Waals surface area contributed by atoms with E-state index >= 15 is 0 Å². The first-order chi connectivity index (χ1) is 9.11. The number of nitrogens with one attached hydrogen (secondary N) is 1. The zero-order valence-corrected chi connectivity index (χ0v) is 11.4. The fourth-order valence-electron chi connectivity index (χ4n) is 2.14. The van der Waals surface area contributed by atoms with Crippen molar-refractivity contribution in [3.8, 4) is 0 Å². The molecule has 1 unspecified atom stereocenters. The highest BCUT2D eigenvalue weighted by Gasteiger charge is 2.13. The Labute approximate surface area is 117 Å². The van der Waals surface area contributed by atoms with Gasteiger partial charge in [-0.2, -0.15) is 0 Å². The Morgan fingerprint density at radius 2 is 2.00 bits per heavy atom. The summed E-state index contributed by atoms with van der Waals surface area (Å²) >= 11 is 5.79. The van der Waals surface area contributed by atoms with E-state index in [0.717, 1.165) is 11.1 Å². The third kappa shape index (κ3) is 3.32. The molecule has 0 fully saturated rings. The van der Waals surface area contributed by atoms with Gasteiger partial charge in [0.1, 0.15) is 5.82 Å². The van der Waals surface area contributed by atoms with Crippen molar-refractivity contribution in [3.63, 3.8) is 0 Å². The Balaban J connectivity index is 2.24. The summed E-state index contributed by atoms with van der Waals surface area (Å²) in [6.45, 7) is 2.04. The summed E-state index contributed by atoms with van der Waals surface area (Å²) in [7, 11) is 0. The summed E-state index contributed by atoms with van der Waals surface area (Å²) in [4.78, 5) is 0. The Kier molecular flexibility index (Phi) is 4.53. The van der Waals surface area contributed by atoms with Crippen molar-refractivity contribution in [2.45, 2.75) is 19.4 Å². The van der Waals surface area contributed by atoms with Gasteiger partial charge in [-0.05, 0) is 42.2 Å². The third-order valence-electron chi connectivity index (χ3n) is 3.19. The average molecular weight is 279 g/mol. The lowest BCUT2D eigenvalue weighted by atomic mass is 9.96. The van der Waals surface area contributed by atoms with Crippen LogP contribution >= 0.6 is 11.6 Å². The van der Waals surface area contributed by atoms with E-state index in [-0.39, 0.29) is 11.1 Å². The van der Waals surface area contributed by atoms with Gasteiger partial charge in [-0.15, -0.1) is 0 Å². The zero-order valence-electron chi connectivity index (χ0n) is 10.7. The average Bonchev–Trinajstić information content (AvgIpc) is 2.41. The number of aryl methyl sites for hydroxylation is 1. The normalized spacial score (nSPS) is 12.4. The number of hydrogen-bond acceptors (Lipinski definition) is 2. The Hall–Kier alpha value is -1.42. The molecule has 0 aliphatic rings. The van der Waals surface area contributed by atoms with Crippen LogP contribution in [0.15, 0.2) is 42.5 Å². The highest BCUT2D eigenvalue weighted by Crippen LogP contribution is 2.23. The van der Waals surface area contributed by atoms with Gasteiger partial charge in [-0.1, -0.05) is 41.9 Å². The van der Waals surface area contributed by atoms with Gasteiger partial charge in [-0.3, -0.25) is 11.3 Å². The molecule has 2 aromatic carbocycles. The van der Waals surface area contributed by atoms with Gasteiger partial charge in [0.15, 0.2) is 0 Å². The van der Waals surface area contributed by atoms with Crippen LogP contribution in [0.25, 0.3) is 0 Å². The summed E-state index contributed by atoms with van der Waals surface area (Å²) in [5.41, 5.74) is 6.04. The first-order valence-corrected chi connectivity index (χ1v) is 6.45. The highest BCUT2D eigenvalue weighted by molar-refractivity contribution is 6.30. The first-order valence-electron chi connectivity index (χ1n) is 6.07. The van der Waals surface area contributed by atoms with Crippen LogP contribution in [0.5, 0.6) is 0 Å². The van der Waals surface area contributed by atoms with Gasteiger partial charge < -0.3 is 0 Å². The molecule has 3 N–H and O–H groups in total. The molecule has 0 heterocycles. The summed E-state index contributed by atoms with van der Waals surface area (Å²) < 4.78 is 13.1. The monoisotopic (exact) mass is 278 g/mol. The molecule has 0 saturated carbocycles. The molecule has 0 amide bonds. The van der Waals surface area contributed by atoms with E-state index in [4.69, 9.17) is 17.4 Å². The van der Waals surface area contributed by atoms with Crippen LogP contribution in [0.4, 0.5) is 4.39 Å². The second kappa shape index (κ2) is 6.15. The van der Waals surface area contributed by atoms with Crippen molar-refractivity contribution in [2.75, 3.05) is 0 Å². The minimum Gasteiger partial charge on any atom is -0.271 e. The van der Waals surface area contributed by atoms with Crippen molar-refractivity contribution in [3.05, 3.63) is 70.0 Å². The van der Waals surface area contributed by atoms with Crippen LogP contribution in [0.1, 0.15) is 22.7 Å². The molecular formula is C15H16ClFN2. The predicted octanol–water partition coefficient (Wildman–Crippen LogP) is 3.53. The lowest BCUT2D eigenvalue weighted by Crippen LogP contribution is -2.30. The van der Waals surface area contributed by atoms with Crippen molar-refractivity contribution in [2.24, 2.45) is 5.84 Å². The maximum atomic E-state index is 13.1. The lowest BCUT2D eigenvalue weighted by Gasteiger charge is -2.18. The molecule has 2 aromatic rings. The highest BCUT2D eigenvalue weighted by atomic mass is 35.5. The lowest BCUT2D eigenvalue weighted by molar-refractivity contribution is 0.548. The van der Waals surface area contributed by atoms with Gasteiger partial charge >= 0.3 is 0 Å². The zero-order chi connectivity index (χ0) is 13.8. The minimum atomic E-state index is -0.404. The van der Waals surface area contributed by atoms with Gasteiger partial charge in [0.05, 0.1) is 11.1 Å². The SMILES string of the molecule is Cc1ccccc1C(Cc1ccc(F)c(Cl)c1)NN. The van der Waals surface area contributed by atoms with Crippen LogP contribution in [0.2, 0.25) is 5.02 Å². The number of nitrogens with two attached hydrogens (primary N) is 1. The van der Waals surface area contributed by atoms with Gasteiger partial charge in [0, 0.05) is 0 Å². The van der Waals surface area contributed by atoms with Crippen LogP contribution in [-0.4, -0.2) is 0 Å². The molecule has 0 radical (unpaired) electrons. The van der Waals surface area contributed by atoms with Crippen LogP contribution in [-0.2, 0) is 6.42 Å². The molecule has 2 rings (SSSR count). The Morgan fingerprint density at radius 1 is 1.26 bits per heavy atom. The Morgan fingerprint density at radius 3 is 2.63 bits per heavy atom. The third-order valence-corrected chi connectivity index (χ3v) is 3.48. The van der Waals surface area contributed by atoms with Crippen molar-refractivity contribution < 1.29 is 4.39 Å². The van der Waals surface area contributed by atoms with E-state index in [9.17, 15) is 4.39 Å². The quantitative estimate of drug-likeness (QED) is 0.663. The number of benzene rings is 2. The van der Waals surface area contributed by atoms with E-state index < -0.39 is 5.82 Å². The molecule has 0 aliphatic heterocycles. The van der Waals surface area contributed by atoms with E-state index in [1.165, 1.54) is 11.6 Å². The molecule has 0 saturated heterocycles. The number of hydrazine groups is 1. The molecule has 1 atom stereocenters. The number of hydrogen-bond donors (Lipinski definition) is 2. The second-order valence-corrected chi connectivity index (χ2v) is 4.94. The fraction of sp³-hybridized carbons (Fsp3) is 0.200. The van der Waals surface area contributed by atoms with Gasteiger partial charge in [0.2, 0.25) is 0 Å². The van der Waals surface area contributed by atoms with E-state index in [1.807, 2.05) is 31.2 Å². The van der Waals surface area contributed by atoms with E-state index in [0.29, 0.717) is 6.42 Å². The molecule has 0 spiro atoms. The predicted molar refractivity (Wildman–Crippen MR) is 76.4 cm³/mol. The van der Waals surface area contributed by atoms with Crippen LogP contribution in [0, 0.1) is 12.7 Å². The molecule has 19 heavy (non-hydrogen) atoms. The topological polar surface area (TPSA) is 38.0 Å². The van der Waals surface area contributed by atoms with E-state index in [2.05, 4.69) is 5.43 Å². The summed E-state index contributed by atoms with van der Waals surface area (Å²) in [6, 6.07) is 12.8. The summed E-state index contributed by atoms with van der Waals surface area (Å²) in [6.07, 6.45) is 0.654. The van der Waals surface area contributed by atoms with Gasteiger partial charge in [-0.25, -0.2) is 4.39 Å². The molecule has 0 bridgehead atoms. The first kappa shape index (κ1) is 14.0. The fourth-order valence-corrected chi connectivity index (χ4v) is 2.34. The summed E-state index contributed by atoms with van der Waals surface area (Å²) in [5, 5.41) is 0.137. The Bertz CT molecular complexity index is 572. The van der Waals surface area contributed by atoms with Crippen LogP contribution < -0.4 is 11.3 Å². The molecular weight excluding hydrogens is 263 g/mol. The van der Waals surface area contributed by atoms with Crippen molar-refractivity contribution in [1.29, 1.82) is 0 Å². The standard InChI is InChI=1S/C15H16ClFN2/c1-10-4-2-3-5-12(10)15(19-18)9-11-6-7-14(17)13(16)8-11/h2-8,15,19H,9,18H2,1H3. The second-order valence-electron chi connectivity index (χ2n) is 4.53. The van der Waals surface area contributed by atoms with Gasteiger partial charge in [0.25, 0.3) is 0 Å². The maximum absolute atomic E-state index is 13.1. The van der Waals surface area contributed by atoms with Crippen LogP contribution in [0.3, 0.4) is 0 Å². The number of halogens is 2.